The van der Waals surface area contributed by atoms with Crippen molar-refractivity contribution < 1.29 is 38.2 Å². The predicted molar refractivity (Wildman–Crippen MR) is 102 cm³/mol. The smallest absolute Gasteiger partial charge is 0.410 e. The van der Waals surface area contributed by atoms with E-state index in [-0.39, 0.29) is 13.2 Å². The molecule has 0 spiro atoms. The maximum absolute atomic E-state index is 12.1. The molecule has 0 aromatic carbocycles. The van der Waals surface area contributed by atoms with Gasteiger partial charge in [0.25, 0.3) is 0 Å². The van der Waals surface area contributed by atoms with Crippen LogP contribution in [0.4, 0.5) is 9.59 Å². The summed E-state index contributed by atoms with van der Waals surface area (Å²) in [7, 11) is 5.48. The van der Waals surface area contributed by atoms with Crippen molar-refractivity contribution in [3.63, 3.8) is 0 Å². The van der Waals surface area contributed by atoms with E-state index in [1.165, 1.54) is 28.2 Å². The Labute approximate surface area is 173 Å². The largest absolute Gasteiger partial charge is 0.446 e. The minimum Gasteiger partial charge on any atom is -0.446 e. The average Bonchev–Trinajstić information content (AvgIpc) is 2.74. The number of likely N-dealkylation sites (N-methyl/N-ethyl adjacent to an activating group) is 4. The van der Waals surface area contributed by atoms with Crippen LogP contribution in [0.1, 0.15) is 0 Å². The maximum atomic E-state index is 12.1. The topological polar surface area (TPSA) is 175 Å². The zero-order chi connectivity index (χ0) is 23.1. The maximum Gasteiger partial charge on any atom is 0.410 e. The van der Waals surface area contributed by atoms with Crippen LogP contribution in [0.25, 0.3) is 0 Å². The molecule has 0 aromatic heterocycles. The third kappa shape index (κ3) is 10.7. The first-order chi connectivity index (χ1) is 14.2. The Morgan fingerprint density at radius 3 is 0.967 bits per heavy atom. The Kier molecular flexibility index (Phi) is 12.7. The van der Waals surface area contributed by atoms with Gasteiger partial charge >= 0.3 is 12.2 Å². The standard InChI is InChI=1S/C16H28N6O8/c1-17-11(23)7-21(8-12(24)18-2)15(27)29-5-6-30-16(28)22(9-13(25)19-3)10-14(26)20-4/h5-10H2,1-4H3,(H,17,23)(H,18,24)(H,19,25)(H,20,26). The Morgan fingerprint density at radius 1 is 0.533 bits per heavy atom. The van der Waals surface area contributed by atoms with Gasteiger partial charge < -0.3 is 30.7 Å². The molecule has 0 bridgehead atoms. The third-order valence-corrected chi connectivity index (χ3v) is 3.50. The van der Waals surface area contributed by atoms with Crippen LogP contribution in [-0.4, -0.2) is 113 Å². The normalized spacial score (nSPS) is 9.60. The summed E-state index contributed by atoms with van der Waals surface area (Å²) in [6, 6.07) is 0. The number of carbonyl (C=O) groups excluding carboxylic acids is 6. The van der Waals surface area contributed by atoms with Crippen LogP contribution < -0.4 is 21.3 Å². The molecule has 14 nitrogen and oxygen atoms in total. The van der Waals surface area contributed by atoms with Gasteiger partial charge in [-0.2, -0.15) is 0 Å². The second-order valence-electron chi connectivity index (χ2n) is 5.63. The number of carbonyl (C=O) groups is 6. The molecule has 0 aliphatic rings. The first-order valence-corrected chi connectivity index (χ1v) is 8.84. The summed E-state index contributed by atoms with van der Waals surface area (Å²) in [6.45, 7) is -2.39. The van der Waals surface area contributed by atoms with Gasteiger partial charge in [0.1, 0.15) is 39.4 Å². The molecule has 0 rings (SSSR count). The number of rotatable bonds is 11. The lowest BCUT2D eigenvalue weighted by atomic mass is 10.4. The molecule has 14 heteroatoms. The number of hydrogen-bond acceptors (Lipinski definition) is 8. The van der Waals surface area contributed by atoms with Gasteiger partial charge in [0, 0.05) is 28.2 Å². The van der Waals surface area contributed by atoms with E-state index in [0.29, 0.717) is 0 Å². The lowest BCUT2D eigenvalue weighted by Gasteiger charge is -2.22. The van der Waals surface area contributed by atoms with Crippen molar-refractivity contribution in [1.29, 1.82) is 0 Å². The first kappa shape index (κ1) is 26.4. The van der Waals surface area contributed by atoms with Crippen molar-refractivity contribution >= 4 is 35.8 Å². The highest BCUT2D eigenvalue weighted by Crippen LogP contribution is 1.98. The molecule has 30 heavy (non-hydrogen) atoms. The van der Waals surface area contributed by atoms with Crippen LogP contribution in [0.5, 0.6) is 0 Å². The Bertz CT molecular complexity index is 551. The van der Waals surface area contributed by atoms with Crippen LogP contribution in [0.15, 0.2) is 0 Å². The molecule has 170 valence electrons. The van der Waals surface area contributed by atoms with E-state index in [0.717, 1.165) is 9.80 Å². The minimum absolute atomic E-state index is 0.379. The fraction of sp³-hybridized carbons (Fsp3) is 0.625. The molecule has 0 heterocycles. The summed E-state index contributed by atoms with van der Waals surface area (Å²) in [5.41, 5.74) is 0. The van der Waals surface area contributed by atoms with Gasteiger partial charge in [-0.05, 0) is 0 Å². The summed E-state index contributed by atoms with van der Waals surface area (Å²) < 4.78 is 9.80. The molecule has 0 saturated heterocycles. The zero-order valence-corrected chi connectivity index (χ0v) is 17.4. The number of hydrogen-bond donors (Lipinski definition) is 4. The van der Waals surface area contributed by atoms with Crippen molar-refractivity contribution in [2.45, 2.75) is 0 Å². The van der Waals surface area contributed by atoms with E-state index < -0.39 is 62.0 Å². The molecule has 0 atom stereocenters. The summed E-state index contributed by atoms with van der Waals surface area (Å²) in [4.78, 5) is 71.8. The quantitative estimate of drug-likeness (QED) is 0.247. The SMILES string of the molecule is CNC(=O)CN(CC(=O)NC)C(=O)OCCOC(=O)N(CC(=O)NC)CC(=O)NC. The van der Waals surface area contributed by atoms with Crippen LogP contribution in [0.3, 0.4) is 0 Å². The molecule has 0 radical (unpaired) electrons. The van der Waals surface area contributed by atoms with Crippen LogP contribution in [-0.2, 0) is 28.7 Å². The molecule has 0 fully saturated rings. The van der Waals surface area contributed by atoms with Gasteiger partial charge in [0.2, 0.25) is 23.6 Å². The van der Waals surface area contributed by atoms with Crippen molar-refractivity contribution in [2.75, 3.05) is 67.6 Å². The molecule has 0 aromatic rings. The van der Waals surface area contributed by atoms with E-state index in [9.17, 15) is 28.8 Å². The van der Waals surface area contributed by atoms with Gasteiger partial charge in [0.05, 0.1) is 0 Å². The van der Waals surface area contributed by atoms with Gasteiger partial charge in [-0.25, -0.2) is 9.59 Å². The Balaban J connectivity index is 4.69. The third-order valence-electron chi connectivity index (χ3n) is 3.50. The summed E-state index contributed by atoms with van der Waals surface area (Å²) in [5, 5.41) is 9.27. The van der Waals surface area contributed by atoms with Gasteiger partial charge in [-0.15, -0.1) is 0 Å². The van der Waals surface area contributed by atoms with E-state index in [1.807, 2.05) is 0 Å². The summed E-state index contributed by atoms with van der Waals surface area (Å²) in [5.74, 6) is -2.05. The van der Waals surface area contributed by atoms with Crippen molar-refractivity contribution in [2.24, 2.45) is 0 Å². The van der Waals surface area contributed by atoms with E-state index in [2.05, 4.69) is 21.3 Å². The molecule has 4 N–H and O–H groups in total. The lowest BCUT2D eigenvalue weighted by molar-refractivity contribution is -0.125. The summed E-state index contributed by atoms with van der Waals surface area (Å²) >= 11 is 0. The lowest BCUT2D eigenvalue weighted by Crippen LogP contribution is -2.46. The van der Waals surface area contributed by atoms with Crippen molar-refractivity contribution in [3.8, 4) is 0 Å². The molecule has 0 saturated carbocycles. The second-order valence-corrected chi connectivity index (χ2v) is 5.63. The molecular weight excluding hydrogens is 404 g/mol. The Morgan fingerprint density at radius 2 is 0.767 bits per heavy atom. The summed E-state index contributed by atoms with van der Waals surface area (Å²) in [6.07, 6.45) is -1.93. The fourth-order valence-electron chi connectivity index (χ4n) is 1.82. The van der Waals surface area contributed by atoms with Crippen LogP contribution in [0.2, 0.25) is 0 Å². The van der Waals surface area contributed by atoms with Crippen LogP contribution in [0, 0.1) is 0 Å². The fourth-order valence-corrected chi connectivity index (χ4v) is 1.82. The average molecular weight is 432 g/mol. The molecule has 0 aliphatic heterocycles. The minimum atomic E-state index is -0.967. The number of amides is 6. The van der Waals surface area contributed by atoms with Crippen LogP contribution >= 0.6 is 0 Å². The molecular formula is C16H28N6O8. The van der Waals surface area contributed by atoms with E-state index in [4.69, 9.17) is 9.47 Å². The second kappa shape index (κ2) is 14.4. The van der Waals surface area contributed by atoms with Crippen molar-refractivity contribution in [3.05, 3.63) is 0 Å². The first-order valence-electron chi connectivity index (χ1n) is 8.84. The number of ether oxygens (including phenoxy) is 2. The van der Waals surface area contributed by atoms with Gasteiger partial charge in [0.15, 0.2) is 0 Å². The monoisotopic (exact) mass is 432 g/mol. The predicted octanol–water partition coefficient (Wildman–Crippen LogP) is -3.15. The van der Waals surface area contributed by atoms with E-state index in [1.54, 1.807) is 0 Å². The number of nitrogens with zero attached hydrogens (tertiary/aromatic N) is 2. The molecule has 0 aliphatic carbocycles. The van der Waals surface area contributed by atoms with Gasteiger partial charge in [-0.3, -0.25) is 29.0 Å². The molecule has 0 unspecified atom stereocenters. The van der Waals surface area contributed by atoms with Gasteiger partial charge in [-0.1, -0.05) is 0 Å². The highest BCUT2D eigenvalue weighted by Gasteiger charge is 2.22. The van der Waals surface area contributed by atoms with Crippen molar-refractivity contribution in [1.82, 2.24) is 31.1 Å². The number of nitrogens with one attached hydrogen (secondary N) is 4. The van der Waals surface area contributed by atoms with E-state index >= 15 is 0 Å². The Hall–Kier alpha value is -3.58. The molecule has 6 amide bonds. The highest BCUT2D eigenvalue weighted by atomic mass is 16.6. The highest BCUT2D eigenvalue weighted by molar-refractivity contribution is 5.87. The zero-order valence-electron chi connectivity index (χ0n) is 17.4.